The lowest BCUT2D eigenvalue weighted by Crippen LogP contribution is -2.37. The quantitative estimate of drug-likeness (QED) is 0.0428. The number of nitrogen functional groups attached to an aromatic ring is 1. The summed E-state index contributed by atoms with van der Waals surface area (Å²) >= 11 is 12.9. The number of ether oxygens (including phenoxy) is 3. The maximum atomic E-state index is 15.0. The van der Waals surface area contributed by atoms with Gasteiger partial charge >= 0.3 is 7.82 Å². The molecule has 1 saturated heterocycles. The molecule has 0 bridgehead atoms. The van der Waals surface area contributed by atoms with Crippen molar-refractivity contribution in [2.24, 2.45) is 5.41 Å². The summed E-state index contributed by atoms with van der Waals surface area (Å²) in [6.45, 7) is 8.13. The second-order valence-electron chi connectivity index (χ2n) is 18.4. The zero-order valence-electron chi connectivity index (χ0n) is 38.2. The van der Waals surface area contributed by atoms with E-state index in [2.05, 4.69) is 23.1 Å². The number of phosphoric ester groups is 1. The molecule has 64 heavy (non-hydrogen) atoms. The molecule has 2 N–H and O–H groups in total. The SMILES string of the molecule is CCCCCCCCCCCCCCCCC[C@H](COP(=O)(OC[C@@]1(C)C[C@@H](c2ccc3c(N)ncnn23)[C@@H]2OC(C)(C)O[C@@H]21)Oc1ccccc1Cl)OCc1cc(Cl)cc(C#N)c1. The van der Waals surface area contributed by atoms with Crippen molar-refractivity contribution in [2.75, 3.05) is 18.9 Å². The highest BCUT2D eigenvalue weighted by Crippen LogP contribution is 2.58. The van der Waals surface area contributed by atoms with E-state index >= 15 is 0 Å². The van der Waals surface area contributed by atoms with Crippen molar-refractivity contribution < 1.29 is 32.3 Å². The van der Waals surface area contributed by atoms with Gasteiger partial charge in [-0.15, -0.1) is 0 Å². The van der Waals surface area contributed by atoms with Crippen LogP contribution in [0.2, 0.25) is 10.0 Å². The van der Waals surface area contributed by atoms with Gasteiger partial charge in [0.05, 0.1) is 54.8 Å². The van der Waals surface area contributed by atoms with Gasteiger partial charge in [-0.3, -0.25) is 9.05 Å². The van der Waals surface area contributed by atoms with Gasteiger partial charge in [0.2, 0.25) is 0 Å². The normalized spacial score (nSPS) is 21.7. The van der Waals surface area contributed by atoms with Gasteiger partial charge in [0.25, 0.3) is 0 Å². The molecule has 2 fully saturated rings. The summed E-state index contributed by atoms with van der Waals surface area (Å²) in [7, 11) is -4.37. The first kappa shape index (κ1) is 50.2. The highest BCUT2D eigenvalue weighted by atomic mass is 35.5. The molecule has 0 radical (unpaired) electrons. The largest absolute Gasteiger partial charge is 0.530 e. The Labute approximate surface area is 390 Å². The molecule has 2 aromatic carbocycles. The lowest BCUT2D eigenvalue weighted by molar-refractivity contribution is -0.168. The van der Waals surface area contributed by atoms with E-state index in [0.29, 0.717) is 34.8 Å². The van der Waals surface area contributed by atoms with Crippen molar-refractivity contribution in [3.8, 4) is 11.8 Å². The Bertz CT molecular complexity index is 2180. The Morgan fingerprint density at radius 3 is 2.25 bits per heavy atom. The van der Waals surface area contributed by atoms with Gasteiger partial charge in [-0.05, 0) is 74.7 Å². The third-order valence-electron chi connectivity index (χ3n) is 12.5. The second kappa shape index (κ2) is 24.0. The number of rotatable bonds is 28. The standard InChI is InChI=1S/C49H68Cl2N5O7P/c1-5-6-7-8-9-10-11-12-13-14-15-16-17-18-19-22-39(58-32-37-27-36(31-52)28-38(50)29-37)33-59-64(57,63-44-24-21-20-23-41(44)51)60-34-49(4)30-40(45-46(49)62-48(2,3)61-45)42-25-26-43-47(53)54-35-55-56(42)43/h20-21,23-29,35,39-40,45-46H,5-19,22,30,32-34H2,1-4H3,(H2,53,54,55)/t39-,40+,45+,46+,49-,64?/m1/s1. The van der Waals surface area contributed by atoms with Gasteiger partial charge < -0.3 is 24.5 Å². The van der Waals surface area contributed by atoms with Gasteiger partial charge in [0, 0.05) is 22.0 Å². The topological polar surface area (TPSA) is 152 Å². The predicted molar refractivity (Wildman–Crippen MR) is 253 cm³/mol. The number of hydrogen-bond donors (Lipinski definition) is 1. The van der Waals surface area contributed by atoms with E-state index in [9.17, 15) is 9.83 Å². The van der Waals surface area contributed by atoms with Crippen LogP contribution >= 0.6 is 31.0 Å². The van der Waals surface area contributed by atoms with Crippen LogP contribution in [0.15, 0.2) is 60.9 Å². The van der Waals surface area contributed by atoms with Crippen LogP contribution in [0.5, 0.6) is 5.75 Å². The summed E-state index contributed by atoms with van der Waals surface area (Å²) in [4.78, 5) is 4.16. The zero-order chi connectivity index (χ0) is 45.6. The minimum atomic E-state index is -4.37. The van der Waals surface area contributed by atoms with Crippen LogP contribution in [0.25, 0.3) is 5.52 Å². The lowest BCUT2D eigenvalue weighted by Gasteiger charge is -2.32. The van der Waals surface area contributed by atoms with Crippen LogP contribution in [-0.4, -0.2) is 51.9 Å². The molecule has 1 aliphatic heterocycles. The predicted octanol–water partition coefficient (Wildman–Crippen LogP) is 13.6. The summed E-state index contributed by atoms with van der Waals surface area (Å²) in [5.41, 5.74) is 8.29. The van der Waals surface area contributed by atoms with Gasteiger partial charge in [-0.25, -0.2) is 14.1 Å². The van der Waals surface area contributed by atoms with E-state index < -0.39 is 31.2 Å². The molecule has 1 unspecified atom stereocenters. The number of fused-ring (bicyclic) bond motifs is 2. The molecule has 1 aliphatic carbocycles. The summed E-state index contributed by atoms with van der Waals surface area (Å²) < 4.78 is 55.0. The fraction of sp³-hybridized carbons (Fsp3) is 0.612. The first-order valence-electron chi connectivity index (χ1n) is 23.4. The summed E-state index contributed by atoms with van der Waals surface area (Å²) in [5.74, 6) is -0.495. The highest BCUT2D eigenvalue weighted by molar-refractivity contribution is 7.49. The number of phosphoric acid groups is 1. The number of benzene rings is 2. The van der Waals surface area contributed by atoms with Crippen LogP contribution in [0.4, 0.5) is 5.82 Å². The molecule has 1 saturated carbocycles. The number of halogens is 2. The average Bonchev–Trinajstić information content (AvgIpc) is 3.93. The van der Waals surface area contributed by atoms with Crippen molar-refractivity contribution >= 4 is 42.4 Å². The number of hydrogen-bond acceptors (Lipinski definition) is 11. The Morgan fingerprint density at radius 2 is 1.58 bits per heavy atom. The van der Waals surface area contributed by atoms with E-state index in [1.54, 1.807) is 47.0 Å². The highest BCUT2D eigenvalue weighted by Gasteiger charge is 2.61. The van der Waals surface area contributed by atoms with Gasteiger partial charge in [-0.1, -0.05) is 145 Å². The van der Waals surface area contributed by atoms with Crippen molar-refractivity contribution in [1.29, 1.82) is 5.26 Å². The molecule has 3 heterocycles. The Morgan fingerprint density at radius 1 is 0.906 bits per heavy atom. The zero-order valence-corrected chi connectivity index (χ0v) is 40.6. The molecule has 0 spiro atoms. The third kappa shape index (κ3) is 14.1. The van der Waals surface area contributed by atoms with E-state index in [4.69, 9.17) is 56.7 Å². The maximum absolute atomic E-state index is 15.0. The Kier molecular flexibility index (Phi) is 18.8. The number of anilines is 1. The fourth-order valence-corrected chi connectivity index (χ4v) is 11.0. The molecule has 2 aromatic heterocycles. The first-order valence-corrected chi connectivity index (χ1v) is 25.6. The minimum Gasteiger partial charge on any atom is -0.402 e. The average molecular weight is 941 g/mol. The number of nitrogens with two attached hydrogens (primary N) is 1. The molecular weight excluding hydrogens is 872 g/mol. The van der Waals surface area contributed by atoms with Crippen LogP contribution in [0, 0.1) is 16.7 Å². The van der Waals surface area contributed by atoms with Crippen molar-refractivity contribution in [1.82, 2.24) is 14.6 Å². The summed E-state index contributed by atoms with van der Waals surface area (Å²) in [5, 5.41) is 14.8. The lowest BCUT2D eigenvalue weighted by atomic mass is 9.86. The fourth-order valence-electron chi connectivity index (χ4n) is 9.13. The van der Waals surface area contributed by atoms with E-state index in [0.717, 1.165) is 30.5 Å². The van der Waals surface area contributed by atoms with Crippen molar-refractivity contribution in [3.05, 3.63) is 87.8 Å². The molecular formula is C49H68Cl2N5O7P. The van der Waals surface area contributed by atoms with Crippen LogP contribution in [0.1, 0.15) is 160 Å². The monoisotopic (exact) mass is 939 g/mol. The molecule has 0 amide bonds. The molecule has 350 valence electrons. The maximum Gasteiger partial charge on any atom is 0.530 e. The van der Waals surface area contributed by atoms with Gasteiger partial charge in [-0.2, -0.15) is 10.4 Å². The number of para-hydroxylation sites is 1. The molecule has 12 nitrogen and oxygen atoms in total. The number of unbranched alkanes of at least 4 members (excludes halogenated alkanes) is 14. The minimum absolute atomic E-state index is 0.0453. The molecule has 15 heteroatoms. The van der Waals surface area contributed by atoms with Gasteiger partial charge in [0.15, 0.2) is 11.6 Å². The number of nitrogens with zero attached hydrogens (tertiary/aromatic N) is 4. The molecule has 6 atom stereocenters. The summed E-state index contributed by atoms with van der Waals surface area (Å²) in [6.07, 6.45) is 20.3. The number of aromatic nitrogens is 3. The van der Waals surface area contributed by atoms with E-state index in [1.165, 1.54) is 83.4 Å². The van der Waals surface area contributed by atoms with Crippen LogP contribution in [-0.2, 0) is 34.4 Å². The smallest absolute Gasteiger partial charge is 0.402 e. The Balaban J connectivity index is 1.10. The molecule has 4 aromatic rings. The molecule has 2 aliphatic rings. The Hall–Kier alpha value is -3.24. The first-order chi connectivity index (χ1) is 30.8. The second-order valence-corrected chi connectivity index (χ2v) is 20.8. The van der Waals surface area contributed by atoms with Crippen LogP contribution < -0.4 is 10.3 Å². The van der Waals surface area contributed by atoms with E-state index in [-0.39, 0.29) is 42.6 Å². The van der Waals surface area contributed by atoms with Gasteiger partial charge in [0.1, 0.15) is 17.6 Å². The molecule has 6 rings (SSSR count). The van der Waals surface area contributed by atoms with E-state index in [1.807, 2.05) is 32.9 Å². The van der Waals surface area contributed by atoms with Crippen LogP contribution in [0.3, 0.4) is 0 Å². The number of nitriles is 1. The van der Waals surface area contributed by atoms with Crippen molar-refractivity contribution in [2.45, 2.75) is 173 Å². The third-order valence-corrected chi connectivity index (χ3v) is 14.4. The summed E-state index contributed by atoms with van der Waals surface area (Å²) in [6, 6.07) is 18.0. The van der Waals surface area contributed by atoms with Crippen molar-refractivity contribution in [3.63, 3.8) is 0 Å².